The molecule has 30 heavy (non-hydrogen) atoms. The van der Waals surface area contributed by atoms with Crippen LogP contribution >= 0.6 is 0 Å². The first-order chi connectivity index (χ1) is 14.7. The van der Waals surface area contributed by atoms with E-state index in [1.54, 1.807) is 12.3 Å². The molecule has 0 bridgehead atoms. The monoisotopic (exact) mass is 401 g/mol. The third kappa shape index (κ3) is 4.81. The van der Waals surface area contributed by atoms with E-state index in [-0.39, 0.29) is 12.1 Å². The van der Waals surface area contributed by atoms with Crippen molar-refractivity contribution >= 4 is 17.8 Å². The van der Waals surface area contributed by atoms with Gasteiger partial charge in [0.05, 0.1) is 11.9 Å². The van der Waals surface area contributed by atoms with Crippen LogP contribution in [0.2, 0.25) is 0 Å². The van der Waals surface area contributed by atoms with Gasteiger partial charge in [0, 0.05) is 30.4 Å². The molecule has 2 aromatic carbocycles. The molecule has 4 rings (SSSR count). The maximum atomic E-state index is 12.2. The Morgan fingerprint density at radius 3 is 2.47 bits per heavy atom. The second kappa shape index (κ2) is 9.17. The van der Waals surface area contributed by atoms with Crippen molar-refractivity contribution in [3.63, 3.8) is 0 Å². The van der Waals surface area contributed by atoms with Crippen molar-refractivity contribution in [1.82, 2.24) is 15.2 Å². The molecule has 1 aliphatic rings. The Morgan fingerprint density at radius 2 is 1.73 bits per heavy atom. The molecule has 152 valence electrons. The lowest BCUT2D eigenvalue weighted by atomic mass is 10.1. The number of hydrazone groups is 1. The number of amides is 1. The van der Waals surface area contributed by atoms with Crippen LogP contribution in [0.5, 0.6) is 0 Å². The molecule has 0 saturated carbocycles. The van der Waals surface area contributed by atoms with Gasteiger partial charge in [0.1, 0.15) is 6.54 Å². The minimum Gasteiger partial charge on any atom is -0.372 e. The molecule has 0 atom stereocenters. The number of anilines is 1. The zero-order chi connectivity index (χ0) is 20.8. The Morgan fingerprint density at radius 1 is 1.00 bits per heavy atom. The molecule has 0 unspecified atom stereocenters. The molecule has 2 heterocycles. The Kier molecular flexibility index (Phi) is 5.98. The largest absolute Gasteiger partial charge is 0.372 e. The third-order valence-corrected chi connectivity index (χ3v) is 5.00. The number of nitrogens with zero attached hydrogens (tertiary/aromatic N) is 4. The summed E-state index contributed by atoms with van der Waals surface area (Å²) in [6.45, 7) is 2.00. The summed E-state index contributed by atoms with van der Waals surface area (Å²) in [7, 11) is 0. The summed E-state index contributed by atoms with van der Waals surface area (Å²) in [5.74, 6) is -0.417. The number of benzene rings is 2. The lowest BCUT2D eigenvalue weighted by molar-refractivity contribution is -0.121. The van der Waals surface area contributed by atoms with Crippen LogP contribution in [0.1, 0.15) is 18.4 Å². The summed E-state index contributed by atoms with van der Waals surface area (Å²) >= 11 is 0. The van der Waals surface area contributed by atoms with Crippen molar-refractivity contribution in [2.45, 2.75) is 19.4 Å². The molecule has 1 saturated heterocycles. The van der Waals surface area contributed by atoms with E-state index in [0.29, 0.717) is 5.69 Å². The maximum Gasteiger partial charge on any atom is 0.267 e. The molecular formula is C23H23N5O2. The van der Waals surface area contributed by atoms with Gasteiger partial charge in [-0.25, -0.2) is 10.1 Å². The van der Waals surface area contributed by atoms with E-state index in [1.165, 1.54) is 24.6 Å². The van der Waals surface area contributed by atoms with Gasteiger partial charge >= 0.3 is 0 Å². The predicted octanol–water partition coefficient (Wildman–Crippen LogP) is 2.66. The number of hydrogen-bond donors (Lipinski definition) is 1. The van der Waals surface area contributed by atoms with E-state index >= 15 is 0 Å². The lowest BCUT2D eigenvalue weighted by Crippen LogP contribution is -2.31. The normalized spacial score (nSPS) is 13.7. The molecule has 0 aliphatic carbocycles. The Balaban J connectivity index is 1.36. The summed E-state index contributed by atoms with van der Waals surface area (Å²) in [5, 5.41) is 8.28. The van der Waals surface area contributed by atoms with Gasteiger partial charge in [-0.3, -0.25) is 9.59 Å². The van der Waals surface area contributed by atoms with Crippen LogP contribution < -0.4 is 15.9 Å². The fourth-order valence-corrected chi connectivity index (χ4v) is 3.42. The van der Waals surface area contributed by atoms with Gasteiger partial charge in [0.15, 0.2) is 0 Å². The first-order valence-electron chi connectivity index (χ1n) is 9.99. The topological polar surface area (TPSA) is 79.6 Å². The predicted molar refractivity (Wildman–Crippen MR) is 118 cm³/mol. The molecule has 1 fully saturated rings. The standard InChI is InChI=1S/C23H23N5O2/c29-22(17-28-23(30)13-12-21(26-28)19-6-2-1-3-7-19)25-24-16-18-8-10-20(11-9-18)27-14-4-5-15-27/h1-3,6-13,16H,4-5,14-15,17H2,(H,25,29)/b24-16+. The van der Waals surface area contributed by atoms with E-state index in [0.717, 1.165) is 28.9 Å². The van der Waals surface area contributed by atoms with Crippen molar-refractivity contribution in [2.75, 3.05) is 18.0 Å². The second-order valence-corrected chi connectivity index (χ2v) is 7.16. The molecule has 1 aromatic heterocycles. The molecule has 1 aliphatic heterocycles. The number of carbonyl (C=O) groups is 1. The average Bonchev–Trinajstić information content (AvgIpc) is 3.31. The van der Waals surface area contributed by atoms with Gasteiger partial charge in [-0.1, -0.05) is 42.5 Å². The SMILES string of the molecule is O=C(Cn1nc(-c2ccccc2)ccc1=O)N/N=C/c1ccc(N2CCCC2)cc1. The highest BCUT2D eigenvalue weighted by Gasteiger charge is 2.11. The first-order valence-corrected chi connectivity index (χ1v) is 9.99. The van der Waals surface area contributed by atoms with E-state index in [2.05, 4.69) is 32.7 Å². The van der Waals surface area contributed by atoms with Crippen molar-refractivity contribution in [3.8, 4) is 11.3 Å². The highest BCUT2D eigenvalue weighted by molar-refractivity contribution is 5.82. The van der Waals surface area contributed by atoms with E-state index in [4.69, 9.17) is 0 Å². The lowest BCUT2D eigenvalue weighted by Gasteiger charge is -2.17. The van der Waals surface area contributed by atoms with Gasteiger partial charge in [0.25, 0.3) is 11.5 Å². The Labute approximate surface area is 174 Å². The van der Waals surface area contributed by atoms with Crippen LogP contribution in [0.25, 0.3) is 11.3 Å². The van der Waals surface area contributed by atoms with Crippen LogP contribution in [-0.2, 0) is 11.3 Å². The zero-order valence-corrected chi connectivity index (χ0v) is 16.6. The molecule has 0 spiro atoms. The molecule has 3 aromatic rings. The summed E-state index contributed by atoms with van der Waals surface area (Å²) in [6.07, 6.45) is 4.06. The highest BCUT2D eigenvalue weighted by atomic mass is 16.2. The van der Waals surface area contributed by atoms with Gasteiger partial charge in [0.2, 0.25) is 0 Å². The number of rotatable bonds is 6. The van der Waals surface area contributed by atoms with Crippen LogP contribution in [-0.4, -0.2) is 35.0 Å². The molecule has 7 nitrogen and oxygen atoms in total. The smallest absolute Gasteiger partial charge is 0.267 e. The Bertz CT molecular complexity index is 1080. The highest BCUT2D eigenvalue weighted by Crippen LogP contribution is 2.20. The minimum atomic E-state index is -0.417. The quantitative estimate of drug-likeness (QED) is 0.509. The van der Waals surface area contributed by atoms with E-state index < -0.39 is 5.91 Å². The van der Waals surface area contributed by atoms with Gasteiger partial charge in [-0.15, -0.1) is 0 Å². The molecule has 1 amide bonds. The Hall–Kier alpha value is -3.74. The maximum absolute atomic E-state index is 12.2. The zero-order valence-electron chi connectivity index (χ0n) is 16.6. The summed E-state index contributed by atoms with van der Waals surface area (Å²) in [4.78, 5) is 26.6. The van der Waals surface area contributed by atoms with Gasteiger partial charge in [-0.05, 0) is 36.6 Å². The summed E-state index contributed by atoms with van der Waals surface area (Å²) < 4.78 is 1.14. The minimum absolute atomic E-state index is 0.204. The van der Waals surface area contributed by atoms with Crippen LogP contribution in [0, 0.1) is 0 Å². The van der Waals surface area contributed by atoms with Gasteiger partial charge in [-0.2, -0.15) is 10.2 Å². The second-order valence-electron chi connectivity index (χ2n) is 7.16. The van der Waals surface area contributed by atoms with E-state index in [9.17, 15) is 9.59 Å². The van der Waals surface area contributed by atoms with Crippen molar-refractivity contribution in [2.24, 2.45) is 5.10 Å². The van der Waals surface area contributed by atoms with E-state index in [1.807, 2.05) is 42.5 Å². The molecular weight excluding hydrogens is 378 g/mol. The fourth-order valence-electron chi connectivity index (χ4n) is 3.42. The van der Waals surface area contributed by atoms with Crippen LogP contribution in [0.15, 0.2) is 76.6 Å². The van der Waals surface area contributed by atoms with Crippen molar-refractivity contribution in [3.05, 3.63) is 82.6 Å². The number of nitrogens with one attached hydrogen (secondary N) is 1. The number of hydrogen-bond acceptors (Lipinski definition) is 5. The van der Waals surface area contributed by atoms with Crippen molar-refractivity contribution < 1.29 is 4.79 Å². The molecule has 7 heteroatoms. The average molecular weight is 401 g/mol. The van der Waals surface area contributed by atoms with Crippen LogP contribution in [0.4, 0.5) is 5.69 Å². The summed E-state index contributed by atoms with van der Waals surface area (Å²) in [5.41, 5.74) is 5.72. The number of carbonyl (C=O) groups excluding carboxylic acids is 1. The number of aromatic nitrogens is 2. The molecule has 0 radical (unpaired) electrons. The first kappa shape index (κ1) is 19.6. The third-order valence-electron chi connectivity index (χ3n) is 5.00. The fraction of sp³-hybridized carbons (Fsp3) is 0.217. The van der Waals surface area contributed by atoms with Gasteiger partial charge < -0.3 is 4.90 Å². The molecule has 1 N–H and O–H groups in total. The van der Waals surface area contributed by atoms with Crippen LogP contribution in [0.3, 0.4) is 0 Å². The summed E-state index contributed by atoms with van der Waals surface area (Å²) in [6, 6.07) is 20.6. The van der Waals surface area contributed by atoms with Crippen molar-refractivity contribution in [1.29, 1.82) is 0 Å².